The third-order valence-electron chi connectivity index (χ3n) is 3.18. The fourth-order valence-corrected chi connectivity index (χ4v) is 2.28. The van der Waals surface area contributed by atoms with Crippen molar-refractivity contribution in [1.29, 1.82) is 0 Å². The second kappa shape index (κ2) is 8.16. The number of pyridine rings is 1. The molecule has 0 aliphatic heterocycles. The summed E-state index contributed by atoms with van der Waals surface area (Å²) in [4.78, 5) is 6.70. The van der Waals surface area contributed by atoms with Crippen molar-refractivity contribution in [2.45, 2.75) is 12.3 Å². The molecule has 104 valence electrons. The van der Waals surface area contributed by atoms with Crippen LogP contribution in [0.2, 0.25) is 5.02 Å². The summed E-state index contributed by atoms with van der Waals surface area (Å²) in [5.41, 5.74) is 2.39. The Kier molecular flexibility index (Phi) is 6.87. The number of nitrogens with zero attached hydrogens (tertiary/aromatic N) is 2. The van der Waals surface area contributed by atoms with Gasteiger partial charge in [0.1, 0.15) is 0 Å². The van der Waals surface area contributed by atoms with Crippen molar-refractivity contribution in [3.8, 4) is 0 Å². The molecular formula is C16H21BeClN2. The Labute approximate surface area is 130 Å². The number of benzene rings is 1. The Bertz CT molecular complexity index is 500. The standard InChI is InChI=1S/C16H19ClN2.Be.2H/c1-19(2)12-10-15(16-5-3-4-11-18-16)13-6-8-14(17)9-7-13;;;/h3-9,11,15H,10,12H2,1-2H3;;;. The van der Waals surface area contributed by atoms with Crippen LogP contribution in [-0.4, -0.2) is 40.6 Å². The predicted octanol–water partition coefficient (Wildman–Crippen LogP) is 2.90. The molecule has 20 heavy (non-hydrogen) atoms. The Hall–Kier alpha value is -1.21. The molecule has 1 unspecified atom stereocenters. The minimum absolute atomic E-state index is 0. The summed E-state index contributed by atoms with van der Waals surface area (Å²) in [6, 6.07) is 14.2. The first-order valence-corrected chi connectivity index (χ1v) is 6.86. The zero-order chi connectivity index (χ0) is 13.7. The van der Waals surface area contributed by atoms with E-state index in [1.165, 1.54) is 5.56 Å². The van der Waals surface area contributed by atoms with Gasteiger partial charge in [0.05, 0.1) is 0 Å². The second-order valence-electron chi connectivity index (χ2n) is 4.95. The molecule has 0 spiro atoms. The van der Waals surface area contributed by atoms with Crippen molar-refractivity contribution in [3.63, 3.8) is 0 Å². The molecule has 4 heteroatoms. The SMILES string of the molecule is CN(C)CCC(c1ccc(Cl)cc1)c1ccccn1.[BeH2]. The van der Waals surface area contributed by atoms with Gasteiger partial charge in [-0.25, -0.2) is 0 Å². The quantitative estimate of drug-likeness (QED) is 0.786. The van der Waals surface area contributed by atoms with Crippen molar-refractivity contribution in [2.75, 3.05) is 20.6 Å². The third-order valence-corrected chi connectivity index (χ3v) is 3.43. The maximum absolute atomic E-state index is 5.97. The van der Waals surface area contributed by atoms with E-state index in [-0.39, 0.29) is 10.1 Å². The summed E-state index contributed by atoms with van der Waals surface area (Å²) in [7, 11) is 4.19. The van der Waals surface area contributed by atoms with Gasteiger partial charge < -0.3 is 4.90 Å². The van der Waals surface area contributed by atoms with Gasteiger partial charge >= 0.3 is 10.1 Å². The number of hydrogen-bond acceptors (Lipinski definition) is 2. The number of hydrogen-bond donors (Lipinski definition) is 0. The van der Waals surface area contributed by atoms with Crippen molar-refractivity contribution in [2.24, 2.45) is 0 Å². The number of halogens is 1. The van der Waals surface area contributed by atoms with E-state index in [4.69, 9.17) is 11.6 Å². The predicted molar refractivity (Wildman–Crippen MR) is 89.2 cm³/mol. The van der Waals surface area contributed by atoms with Crippen LogP contribution >= 0.6 is 11.6 Å². The van der Waals surface area contributed by atoms with E-state index in [9.17, 15) is 0 Å². The van der Waals surface area contributed by atoms with Gasteiger partial charge in [0.25, 0.3) is 0 Å². The number of rotatable bonds is 5. The van der Waals surface area contributed by atoms with Gasteiger partial charge in [-0.15, -0.1) is 0 Å². The van der Waals surface area contributed by atoms with Crippen LogP contribution in [0.15, 0.2) is 48.7 Å². The first-order chi connectivity index (χ1) is 9.16. The summed E-state index contributed by atoms with van der Waals surface area (Å²) >= 11 is 5.97. The van der Waals surface area contributed by atoms with Crippen LogP contribution in [0.25, 0.3) is 0 Å². The molecule has 1 aromatic carbocycles. The minimum atomic E-state index is 0. The fourth-order valence-electron chi connectivity index (χ4n) is 2.15. The molecule has 2 aromatic rings. The van der Waals surface area contributed by atoms with Crippen molar-refractivity contribution in [1.82, 2.24) is 9.88 Å². The molecule has 1 heterocycles. The Morgan fingerprint density at radius 1 is 1.10 bits per heavy atom. The van der Waals surface area contributed by atoms with Gasteiger partial charge in [-0.1, -0.05) is 29.8 Å². The third kappa shape index (κ3) is 4.72. The molecule has 0 N–H and O–H groups in total. The van der Waals surface area contributed by atoms with E-state index < -0.39 is 0 Å². The molecule has 0 saturated heterocycles. The molecule has 0 radical (unpaired) electrons. The van der Waals surface area contributed by atoms with Gasteiger partial charge in [0.2, 0.25) is 0 Å². The van der Waals surface area contributed by atoms with Crippen LogP contribution in [0.1, 0.15) is 23.6 Å². The van der Waals surface area contributed by atoms with Crippen LogP contribution in [0.5, 0.6) is 0 Å². The molecule has 0 aliphatic carbocycles. The van der Waals surface area contributed by atoms with Gasteiger partial charge in [-0.2, -0.15) is 0 Å². The van der Waals surface area contributed by atoms with E-state index in [1.807, 2.05) is 30.5 Å². The monoisotopic (exact) mass is 285 g/mol. The van der Waals surface area contributed by atoms with Crippen molar-refractivity contribution in [3.05, 3.63) is 64.9 Å². The Balaban J connectivity index is 0.00000200. The summed E-state index contributed by atoms with van der Waals surface area (Å²) in [6.45, 7) is 1.03. The van der Waals surface area contributed by atoms with E-state index in [1.54, 1.807) is 0 Å². The molecule has 0 amide bonds. The van der Waals surface area contributed by atoms with Crippen LogP contribution in [0.3, 0.4) is 0 Å². The van der Waals surface area contributed by atoms with Gasteiger partial charge in [-0.05, 0) is 56.9 Å². The van der Waals surface area contributed by atoms with Crippen LogP contribution in [-0.2, 0) is 0 Å². The fraction of sp³-hybridized carbons (Fsp3) is 0.312. The summed E-state index contributed by atoms with van der Waals surface area (Å²) in [5.74, 6) is 0.320. The van der Waals surface area contributed by atoms with Crippen LogP contribution in [0, 0.1) is 0 Å². The molecule has 2 nitrogen and oxygen atoms in total. The van der Waals surface area contributed by atoms with Crippen LogP contribution < -0.4 is 0 Å². The second-order valence-corrected chi connectivity index (χ2v) is 5.39. The molecular weight excluding hydrogens is 265 g/mol. The zero-order valence-electron chi connectivity index (χ0n) is 11.4. The molecule has 0 bridgehead atoms. The maximum atomic E-state index is 5.97. The molecule has 1 atom stereocenters. The summed E-state index contributed by atoms with van der Waals surface area (Å²) in [6.07, 6.45) is 2.90. The topological polar surface area (TPSA) is 16.1 Å². The van der Waals surface area contributed by atoms with E-state index >= 15 is 0 Å². The van der Waals surface area contributed by atoms with Crippen molar-refractivity contribution >= 4 is 21.7 Å². The molecule has 0 saturated carbocycles. The van der Waals surface area contributed by atoms with Crippen LogP contribution in [0.4, 0.5) is 0 Å². The molecule has 1 aromatic heterocycles. The van der Waals surface area contributed by atoms with E-state index in [0.29, 0.717) is 5.92 Å². The zero-order valence-corrected chi connectivity index (χ0v) is 12.1. The first-order valence-electron chi connectivity index (χ1n) is 6.48. The van der Waals surface area contributed by atoms with Gasteiger partial charge in [0, 0.05) is 22.8 Å². The van der Waals surface area contributed by atoms with E-state index in [0.717, 1.165) is 23.7 Å². The number of aromatic nitrogens is 1. The van der Waals surface area contributed by atoms with Gasteiger partial charge in [0.15, 0.2) is 0 Å². The Morgan fingerprint density at radius 2 is 1.80 bits per heavy atom. The summed E-state index contributed by atoms with van der Waals surface area (Å²) < 4.78 is 0. The average Bonchev–Trinajstić information content (AvgIpc) is 2.42. The normalized spacial score (nSPS) is 12.0. The van der Waals surface area contributed by atoms with E-state index in [2.05, 4.69) is 42.2 Å². The summed E-state index contributed by atoms with van der Waals surface area (Å²) in [5, 5.41) is 0.774. The van der Waals surface area contributed by atoms with Gasteiger partial charge in [-0.3, -0.25) is 4.98 Å². The first kappa shape index (κ1) is 16.8. The Morgan fingerprint density at radius 3 is 2.35 bits per heavy atom. The van der Waals surface area contributed by atoms with Crippen molar-refractivity contribution < 1.29 is 0 Å². The molecule has 0 aliphatic rings. The average molecular weight is 286 g/mol. The molecule has 0 fully saturated rings. The molecule has 2 rings (SSSR count).